The van der Waals surface area contributed by atoms with Crippen molar-refractivity contribution in [1.82, 2.24) is 19.6 Å². The van der Waals surface area contributed by atoms with Crippen molar-refractivity contribution in [3.63, 3.8) is 0 Å². The van der Waals surface area contributed by atoms with Crippen molar-refractivity contribution in [2.24, 2.45) is 0 Å². The molecule has 0 radical (unpaired) electrons. The Hall–Kier alpha value is -4.13. The molecule has 198 valence electrons. The van der Waals surface area contributed by atoms with E-state index in [9.17, 15) is 5.11 Å². The molecule has 0 bridgehead atoms. The third kappa shape index (κ3) is 4.08. The number of methoxy groups -OCH3 is 2. The van der Waals surface area contributed by atoms with E-state index in [-0.39, 0.29) is 6.61 Å². The molecule has 39 heavy (non-hydrogen) atoms. The van der Waals surface area contributed by atoms with Crippen molar-refractivity contribution in [1.29, 1.82) is 0 Å². The standard InChI is InChI=1S/C27H22N4O6S2/c1-33-16-9-21(17-11-23(37-22(17)10-16)19-12-31-25(29-19)39-26(30-31)34-2)36-13-15-14-38-24(28-15)27(32)7-8-35-20-6-4-3-5-18(20)27/h3-6,9-12,14,32H,7-8,13H2,1-2H3. The number of benzene rings is 2. The smallest absolute Gasteiger partial charge is 0.294 e. The van der Waals surface area contributed by atoms with Crippen LogP contribution in [0, 0.1) is 0 Å². The fourth-order valence-corrected chi connectivity index (χ4v) is 6.29. The van der Waals surface area contributed by atoms with E-state index in [4.69, 9.17) is 28.3 Å². The second-order valence-electron chi connectivity index (χ2n) is 8.96. The molecule has 2 aromatic carbocycles. The Morgan fingerprint density at radius 1 is 1.13 bits per heavy atom. The predicted molar refractivity (Wildman–Crippen MR) is 145 cm³/mol. The highest BCUT2D eigenvalue weighted by Gasteiger charge is 2.40. The lowest BCUT2D eigenvalue weighted by Crippen LogP contribution is -2.33. The Balaban J connectivity index is 1.17. The molecule has 5 heterocycles. The van der Waals surface area contributed by atoms with E-state index in [1.165, 1.54) is 22.7 Å². The number of para-hydroxylation sites is 1. The first-order chi connectivity index (χ1) is 19.0. The molecule has 7 rings (SSSR count). The molecule has 1 aliphatic heterocycles. The quantitative estimate of drug-likeness (QED) is 0.278. The third-order valence-electron chi connectivity index (χ3n) is 6.60. The third-order valence-corrected chi connectivity index (χ3v) is 8.52. The summed E-state index contributed by atoms with van der Waals surface area (Å²) in [6.07, 6.45) is 2.22. The lowest BCUT2D eigenvalue weighted by atomic mass is 9.89. The van der Waals surface area contributed by atoms with Gasteiger partial charge in [0.2, 0.25) is 4.96 Å². The number of nitrogens with zero attached hydrogens (tertiary/aromatic N) is 4. The van der Waals surface area contributed by atoms with Crippen LogP contribution in [0.5, 0.6) is 22.4 Å². The number of hydrogen-bond donors (Lipinski definition) is 1. The van der Waals surface area contributed by atoms with E-state index in [0.717, 1.165) is 10.9 Å². The molecular formula is C27H22N4O6S2. The average molecular weight is 563 g/mol. The van der Waals surface area contributed by atoms with Crippen LogP contribution >= 0.6 is 22.7 Å². The number of fused-ring (bicyclic) bond motifs is 3. The first kappa shape index (κ1) is 23.9. The zero-order valence-corrected chi connectivity index (χ0v) is 22.5. The molecule has 0 saturated carbocycles. The van der Waals surface area contributed by atoms with Gasteiger partial charge in [-0.15, -0.1) is 16.4 Å². The lowest BCUT2D eigenvalue weighted by Gasteiger charge is -2.32. The Labute approximate surface area is 230 Å². The maximum atomic E-state index is 11.6. The van der Waals surface area contributed by atoms with Gasteiger partial charge in [-0.25, -0.2) is 14.5 Å². The molecular weight excluding hydrogens is 540 g/mol. The molecule has 1 atom stereocenters. The number of ether oxygens (including phenoxy) is 4. The van der Waals surface area contributed by atoms with Gasteiger partial charge >= 0.3 is 0 Å². The van der Waals surface area contributed by atoms with Gasteiger partial charge in [-0.05, 0) is 23.5 Å². The van der Waals surface area contributed by atoms with Crippen LogP contribution in [0.4, 0.5) is 0 Å². The Kier molecular flexibility index (Phi) is 5.69. The second-order valence-corrected chi connectivity index (χ2v) is 10.7. The number of furan rings is 1. The first-order valence-electron chi connectivity index (χ1n) is 12.1. The monoisotopic (exact) mass is 562 g/mol. The summed E-state index contributed by atoms with van der Waals surface area (Å²) in [7, 11) is 3.17. The summed E-state index contributed by atoms with van der Waals surface area (Å²) in [6.45, 7) is 0.624. The van der Waals surface area contributed by atoms with Crippen molar-refractivity contribution in [3.8, 4) is 33.9 Å². The lowest BCUT2D eigenvalue weighted by molar-refractivity contribution is 0.0345. The van der Waals surface area contributed by atoms with Gasteiger partial charge in [0.25, 0.3) is 5.19 Å². The summed E-state index contributed by atoms with van der Waals surface area (Å²) in [6, 6.07) is 13.0. The van der Waals surface area contributed by atoms with Gasteiger partial charge in [-0.3, -0.25) is 0 Å². The second kappa shape index (κ2) is 9.26. The molecule has 6 aromatic rings. The van der Waals surface area contributed by atoms with Gasteiger partial charge in [0.1, 0.15) is 45.7 Å². The van der Waals surface area contributed by atoms with Gasteiger partial charge in [0.15, 0.2) is 5.76 Å². The molecule has 12 heteroatoms. The Morgan fingerprint density at radius 2 is 2.03 bits per heavy atom. The summed E-state index contributed by atoms with van der Waals surface area (Å²) in [4.78, 5) is 10.0. The van der Waals surface area contributed by atoms with Gasteiger partial charge in [0, 0.05) is 29.5 Å². The molecule has 1 unspecified atom stereocenters. The van der Waals surface area contributed by atoms with Crippen LogP contribution in [-0.4, -0.2) is 45.5 Å². The minimum absolute atomic E-state index is 0.206. The molecule has 0 aliphatic carbocycles. The Morgan fingerprint density at radius 3 is 2.87 bits per heavy atom. The maximum absolute atomic E-state index is 11.6. The number of hydrogen-bond acceptors (Lipinski definition) is 11. The van der Waals surface area contributed by atoms with Crippen LogP contribution in [0.25, 0.3) is 27.4 Å². The summed E-state index contributed by atoms with van der Waals surface area (Å²) >= 11 is 2.75. The van der Waals surface area contributed by atoms with Crippen LogP contribution in [0.1, 0.15) is 22.7 Å². The van der Waals surface area contributed by atoms with E-state index in [2.05, 4.69) is 10.1 Å². The Bertz CT molecular complexity index is 1790. The van der Waals surface area contributed by atoms with Crippen molar-refractivity contribution < 1.29 is 28.5 Å². The highest BCUT2D eigenvalue weighted by atomic mass is 32.1. The number of aromatic nitrogens is 4. The summed E-state index contributed by atoms with van der Waals surface area (Å²) in [5.74, 6) is 2.45. The van der Waals surface area contributed by atoms with E-state index < -0.39 is 5.60 Å². The van der Waals surface area contributed by atoms with Gasteiger partial charge in [-0.2, -0.15) is 0 Å². The summed E-state index contributed by atoms with van der Waals surface area (Å²) in [5.41, 5.74) is 1.49. The maximum Gasteiger partial charge on any atom is 0.294 e. The average Bonchev–Trinajstić information content (AvgIpc) is 3.74. The molecule has 0 saturated heterocycles. The summed E-state index contributed by atoms with van der Waals surface area (Å²) < 4.78 is 30.4. The minimum Gasteiger partial charge on any atom is -0.496 e. The highest BCUT2D eigenvalue weighted by molar-refractivity contribution is 7.18. The van der Waals surface area contributed by atoms with E-state index in [0.29, 0.717) is 68.2 Å². The molecule has 0 fully saturated rings. The fourth-order valence-electron chi connectivity index (χ4n) is 4.64. The topological polar surface area (TPSA) is 113 Å². The molecule has 10 nitrogen and oxygen atoms in total. The zero-order valence-electron chi connectivity index (χ0n) is 20.9. The zero-order chi connectivity index (χ0) is 26.6. The van der Waals surface area contributed by atoms with Crippen LogP contribution in [0.3, 0.4) is 0 Å². The SMILES string of the molecule is COc1cc(OCc2csc(C3(O)CCOc4ccccc43)n2)c2cc(-c3cn4nc(OC)sc4n3)oc2c1. The predicted octanol–water partition coefficient (Wildman–Crippen LogP) is 5.28. The van der Waals surface area contributed by atoms with E-state index >= 15 is 0 Å². The normalized spacial score (nSPS) is 16.8. The van der Waals surface area contributed by atoms with E-state index in [1.807, 2.05) is 47.8 Å². The molecule has 0 amide bonds. The van der Waals surface area contributed by atoms with Crippen LogP contribution in [0.15, 0.2) is 58.5 Å². The van der Waals surface area contributed by atoms with Crippen LogP contribution in [-0.2, 0) is 12.2 Å². The van der Waals surface area contributed by atoms with E-state index in [1.54, 1.807) is 24.9 Å². The summed E-state index contributed by atoms with van der Waals surface area (Å²) in [5, 5.41) is 19.7. The molecule has 0 spiro atoms. The number of imidazole rings is 1. The van der Waals surface area contributed by atoms with Gasteiger partial charge < -0.3 is 28.5 Å². The van der Waals surface area contributed by atoms with Gasteiger partial charge in [0.05, 0.1) is 38.1 Å². The van der Waals surface area contributed by atoms with Crippen molar-refractivity contribution in [2.75, 3.05) is 20.8 Å². The molecule has 1 N–H and O–H groups in total. The fraction of sp³-hybridized carbons (Fsp3) is 0.222. The van der Waals surface area contributed by atoms with Crippen LogP contribution < -0.4 is 18.9 Å². The number of thiazole rings is 1. The van der Waals surface area contributed by atoms with Crippen molar-refractivity contribution in [3.05, 3.63) is 70.3 Å². The van der Waals surface area contributed by atoms with Crippen LogP contribution in [0.2, 0.25) is 0 Å². The van der Waals surface area contributed by atoms with Gasteiger partial charge in [-0.1, -0.05) is 18.2 Å². The number of rotatable bonds is 7. The highest BCUT2D eigenvalue weighted by Crippen LogP contribution is 2.43. The first-order valence-corrected chi connectivity index (χ1v) is 13.8. The largest absolute Gasteiger partial charge is 0.496 e. The minimum atomic E-state index is -1.20. The molecule has 4 aromatic heterocycles. The number of aliphatic hydroxyl groups is 1. The van der Waals surface area contributed by atoms with Crippen molar-refractivity contribution >= 4 is 38.6 Å². The molecule has 1 aliphatic rings. The van der Waals surface area contributed by atoms with Crippen molar-refractivity contribution in [2.45, 2.75) is 18.6 Å².